The van der Waals surface area contributed by atoms with Gasteiger partial charge in [-0.3, -0.25) is 0 Å². The van der Waals surface area contributed by atoms with Crippen LogP contribution in [0.4, 0.5) is 0 Å². The van der Waals surface area contributed by atoms with Crippen molar-refractivity contribution in [2.24, 2.45) is 23.7 Å². The summed E-state index contributed by atoms with van der Waals surface area (Å²) in [4.78, 5) is 0. The van der Waals surface area contributed by atoms with Gasteiger partial charge in [-0.05, 0) is 60.8 Å². The molecule has 4 rings (SSSR count). The van der Waals surface area contributed by atoms with Crippen LogP contribution >= 0.6 is 15.9 Å². The Kier molecular flexibility index (Phi) is 3.20. The molecular weight excluding hydrogens is 328 g/mol. The summed E-state index contributed by atoms with van der Waals surface area (Å²) < 4.78 is 1.00. The number of allylic oxidation sites excluding steroid dienone is 1. The Bertz CT molecular complexity index is 622. The summed E-state index contributed by atoms with van der Waals surface area (Å²) in [6.45, 7) is 2.12. The average molecular weight is 349 g/mol. The fourth-order valence-electron chi connectivity index (χ4n) is 5.12. The Morgan fingerprint density at radius 3 is 2.71 bits per heavy atom. The van der Waals surface area contributed by atoms with Gasteiger partial charge in [-0.15, -0.1) is 0 Å². The second-order valence-electron chi connectivity index (χ2n) is 6.84. The van der Waals surface area contributed by atoms with Crippen molar-refractivity contribution in [2.45, 2.75) is 38.7 Å². The van der Waals surface area contributed by atoms with E-state index in [4.69, 9.17) is 0 Å². The lowest BCUT2D eigenvalue weighted by molar-refractivity contribution is 0.0997. The molecule has 2 bridgehead atoms. The van der Waals surface area contributed by atoms with E-state index in [1.807, 2.05) is 6.07 Å². The van der Waals surface area contributed by atoms with E-state index < -0.39 is 6.10 Å². The third-order valence-electron chi connectivity index (χ3n) is 5.98. The molecule has 1 unspecified atom stereocenters. The monoisotopic (exact) mass is 348 g/mol. The molecule has 21 heavy (non-hydrogen) atoms. The lowest BCUT2D eigenvalue weighted by Gasteiger charge is -2.27. The maximum absolute atomic E-state index is 10.9. The van der Waals surface area contributed by atoms with E-state index in [1.165, 1.54) is 24.8 Å². The molecule has 5 atom stereocenters. The van der Waals surface area contributed by atoms with Crippen molar-refractivity contribution in [3.05, 3.63) is 39.6 Å². The molecule has 1 aromatic carbocycles. The molecule has 112 valence electrons. The van der Waals surface area contributed by atoms with Crippen LogP contribution in [0.5, 0.6) is 0 Å². The first-order chi connectivity index (χ1) is 10.1. The third-order valence-corrected chi connectivity index (χ3v) is 6.47. The van der Waals surface area contributed by atoms with Crippen molar-refractivity contribution in [3.8, 4) is 0 Å². The molecule has 3 aliphatic rings. The van der Waals surface area contributed by atoms with Crippen molar-refractivity contribution in [1.29, 1.82) is 0 Å². The van der Waals surface area contributed by atoms with Crippen LogP contribution < -0.4 is 0 Å². The van der Waals surface area contributed by atoms with E-state index in [-0.39, 0.29) is 11.8 Å². The molecule has 2 nitrogen and oxygen atoms in total. The summed E-state index contributed by atoms with van der Waals surface area (Å²) in [5.41, 5.74) is 3.04. The van der Waals surface area contributed by atoms with Gasteiger partial charge in [0.1, 0.15) is 5.76 Å². The van der Waals surface area contributed by atoms with Crippen LogP contribution in [0, 0.1) is 23.7 Å². The van der Waals surface area contributed by atoms with Gasteiger partial charge in [0.25, 0.3) is 0 Å². The highest BCUT2D eigenvalue weighted by Gasteiger charge is 2.57. The standard InChI is InChI=1S/C18H21BrO2/c1-2-9-5-6-12(19)8-13(9)16-17(20)14-10-3-4-11(7-10)15(14)18(16)21/h5-6,8,10-11,14-15,17,20-21H,2-4,7H2,1H3/t10-,11+,14-,15+,17?/m1/s1. The minimum absolute atomic E-state index is 0.206. The SMILES string of the molecule is CCc1ccc(Br)cc1C1=C(O)[C@H]2[C@H]3CC[C@H](C3)[C@H]2C1O. The van der Waals surface area contributed by atoms with E-state index >= 15 is 0 Å². The van der Waals surface area contributed by atoms with Crippen LogP contribution in [0.3, 0.4) is 0 Å². The first-order valence-corrected chi connectivity index (χ1v) is 8.81. The van der Waals surface area contributed by atoms with Crippen molar-refractivity contribution in [3.63, 3.8) is 0 Å². The largest absolute Gasteiger partial charge is 0.512 e. The molecule has 0 aromatic heterocycles. The maximum Gasteiger partial charge on any atom is 0.102 e. The summed E-state index contributed by atoms with van der Waals surface area (Å²) in [5.74, 6) is 2.13. The Balaban J connectivity index is 1.83. The van der Waals surface area contributed by atoms with Gasteiger partial charge < -0.3 is 10.2 Å². The predicted octanol–water partition coefficient (Wildman–Crippen LogP) is 4.32. The molecule has 3 heteroatoms. The van der Waals surface area contributed by atoms with Crippen LogP contribution in [0.15, 0.2) is 28.4 Å². The zero-order valence-corrected chi connectivity index (χ0v) is 13.8. The van der Waals surface area contributed by atoms with E-state index in [1.54, 1.807) is 0 Å². The molecule has 0 aliphatic heterocycles. The Morgan fingerprint density at radius 1 is 1.24 bits per heavy atom. The van der Waals surface area contributed by atoms with Crippen molar-refractivity contribution < 1.29 is 10.2 Å². The molecule has 3 aliphatic carbocycles. The number of rotatable bonds is 2. The van der Waals surface area contributed by atoms with Crippen LogP contribution in [-0.4, -0.2) is 16.3 Å². The quantitative estimate of drug-likeness (QED) is 0.835. The zero-order valence-electron chi connectivity index (χ0n) is 12.2. The van der Waals surface area contributed by atoms with Crippen LogP contribution in [-0.2, 0) is 6.42 Å². The van der Waals surface area contributed by atoms with Crippen molar-refractivity contribution in [1.82, 2.24) is 0 Å². The summed E-state index contributed by atoms with van der Waals surface area (Å²) in [6, 6.07) is 6.18. The lowest BCUT2D eigenvalue weighted by Crippen LogP contribution is -2.28. The molecule has 2 fully saturated rings. The van der Waals surface area contributed by atoms with E-state index in [0.717, 1.165) is 22.0 Å². The highest BCUT2D eigenvalue weighted by Crippen LogP contribution is 2.61. The minimum Gasteiger partial charge on any atom is -0.512 e. The molecule has 0 spiro atoms. The van der Waals surface area contributed by atoms with Gasteiger partial charge in [0.2, 0.25) is 0 Å². The topological polar surface area (TPSA) is 40.5 Å². The second-order valence-corrected chi connectivity index (χ2v) is 7.75. The van der Waals surface area contributed by atoms with Gasteiger partial charge >= 0.3 is 0 Å². The van der Waals surface area contributed by atoms with Crippen LogP contribution in [0.25, 0.3) is 5.57 Å². The Morgan fingerprint density at radius 2 is 2.00 bits per heavy atom. The average Bonchev–Trinajstić information content (AvgIpc) is 3.13. The molecule has 2 N–H and O–H groups in total. The zero-order chi connectivity index (χ0) is 14.7. The van der Waals surface area contributed by atoms with Crippen molar-refractivity contribution >= 4 is 21.5 Å². The number of hydrogen-bond acceptors (Lipinski definition) is 2. The molecular formula is C18H21BrO2. The summed E-state index contributed by atoms with van der Waals surface area (Å²) in [5, 5.41) is 21.7. The van der Waals surface area contributed by atoms with Gasteiger partial charge in [0.15, 0.2) is 0 Å². The number of halogens is 1. The van der Waals surface area contributed by atoms with Gasteiger partial charge in [0.05, 0.1) is 6.10 Å². The Labute approximate surface area is 134 Å². The molecule has 0 radical (unpaired) electrons. The van der Waals surface area contributed by atoms with Gasteiger partial charge in [-0.2, -0.15) is 0 Å². The van der Waals surface area contributed by atoms with E-state index in [2.05, 4.69) is 35.0 Å². The Hall–Kier alpha value is -0.800. The minimum atomic E-state index is -0.495. The third kappa shape index (κ3) is 1.86. The molecule has 0 amide bonds. The fourth-order valence-corrected chi connectivity index (χ4v) is 5.49. The second kappa shape index (κ2) is 4.85. The molecule has 0 heterocycles. The van der Waals surface area contributed by atoms with Gasteiger partial charge in [-0.1, -0.05) is 28.9 Å². The number of hydrogen-bond donors (Lipinski definition) is 2. The fraction of sp³-hybridized carbons (Fsp3) is 0.556. The summed E-state index contributed by atoms with van der Waals surface area (Å²) in [7, 11) is 0. The predicted molar refractivity (Wildman–Crippen MR) is 86.9 cm³/mol. The van der Waals surface area contributed by atoms with E-state index in [0.29, 0.717) is 17.6 Å². The molecule has 1 aromatic rings. The first kappa shape index (κ1) is 13.8. The number of aliphatic hydroxyl groups is 2. The lowest BCUT2D eigenvalue weighted by atomic mass is 9.79. The first-order valence-electron chi connectivity index (χ1n) is 8.01. The molecule has 0 saturated heterocycles. The van der Waals surface area contributed by atoms with Crippen LogP contribution in [0.1, 0.15) is 37.3 Å². The maximum atomic E-state index is 10.9. The molecule has 2 saturated carbocycles. The highest BCUT2D eigenvalue weighted by molar-refractivity contribution is 9.10. The number of fused-ring (bicyclic) bond motifs is 5. The van der Waals surface area contributed by atoms with Gasteiger partial charge in [0, 0.05) is 21.9 Å². The summed E-state index contributed by atoms with van der Waals surface area (Å²) >= 11 is 3.52. The smallest absolute Gasteiger partial charge is 0.102 e. The van der Waals surface area contributed by atoms with E-state index in [9.17, 15) is 10.2 Å². The number of benzene rings is 1. The van der Waals surface area contributed by atoms with Crippen molar-refractivity contribution in [2.75, 3.05) is 0 Å². The normalized spacial score (nSPS) is 37.4. The number of aliphatic hydroxyl groups excluding tert-OH is 2. The van der Waals surface area contributed by atoms with Crippen LogP contribution in [0.2, 0.25) is 0 Å². The van der Waals surface area contributed by atoms with Gasteiger partial charge in [-0.25, -0.2) is 0 Å². The number of aryl methyl sites for hydroxylation is 1. The highest BCUT2D eigenvalue weighted by atomic mass is 79.9. The summed E-state index contributed by atoms with van der Waals surface area (Å²) in [6.07, 6.45) is 4.05.